The third kappa shape index (κ3) is 2.16. The summed E-state index contributed by atoms with van der Waals surface area (Å²) in [5.41, 5.74) is 8.22. The van der Waals surface area contributed by atoms with Gasteiger partial charge in [-0.15, -0.1) is 0 Å². The zero-order valence-corrected chi connectivity index (χ0v) is 11.6. The summed E-state index contributed by atoms with van der Waals surface area (Å²) in [7, 11) is 0. The SMILES string of the molecule is Cc1ccccc1C1(C(=O)N2CCC[C@H](N)C2)CC1. The zero-order chi connectivity index (χ0) is 13.5. The van der Waals surface area contributed by atoms with Gasteiger partial charge in [-0.3, -0.25) is 4.79 Å². The monoisotopic (exact) mass is 258 g/mol. The van der Waals surface area contributed by atoms with Crippen molar-refractivity contribution in [2.24, 2.45) is 5.73 Å². The third-order valence-corrected chi connectivity index (χ3v) is 4.57. The van der Waals surface area contributed by atoms with E-state index in [1.165, 1.54) is 11.1 Å². The lowest BCUT2D eigenvalue weighted by molar-refractivity contribution is -0.135. The van der Waals surface area contributed by atoms with Gasteiger partial charge >= 0.3 is 0 Å². The van der Waals surface area contributed by atoms with E-state index in [2.05, 4.69) is 19.1 Å². The molecule has 3 heteroatoms. The topological polar surface area (TPSA) is 46.3 Å². The number of likely N-dealkylation sites (tertiary alicyclic amines) is 1. The number of hydrogen-bond donors (Lipinski definition) is 1. The van der Waals surface area contributed by atoms with Crippen molar-refractivity contribution < 1.29 is 4.79 Å². The van der Waals surface area contributed by atoms with E-state index in [0.717, 1.165) is 38.8 Å². The Morgan fingerprint density at radius 1 is 1.37 bits per heavy atom. The van der Waals surface area contributed by atoms with Crippen LogP contribution in [-0.2, 0) is 10.2 Å². The van der Waals surface area contributed by atoms with E-state index in [-0.39, 0.29) is 11.5 Å². The molecule has 1 saturated carbocycles. The maximum atomic E-state index is 12.9. The van der Waals surface area contributed by atoms with Gasteiger partial charge in [0.15, 0.2) is 0 Å². The summed E-state index contributed by atoms with van der Waals surface area (Å²) in [6, 6.07) is 8.45. The largest absolute Gasteiger partial charge is 0.340 e. The zero-order valence-electron chi connectivity index (χ0n) is 11.6. The second-order valence-corrected chi connectivity index (χ2v) is 6.05. The molecule has 2 aliphatic rings. The van der Waals surface area contributed by atoms with Gasteiger partial charge in [-0.1, -0.05) is 24.3 Å². The summed E-state index contributed by atoms with van der Waals surface area (Å²) < 4.78 is 0. The minimum absolute atomic E-state index is 0.158. The van der Waals surface area contributed by atoms with Gasteiger partial charge < -0.3 is 10.6 Å². The lowest BCUT2D eigenvalue weighted by Gasteiger charge is -2.34. The molecule has 102 valence electrons. The second kappa shape index (κ2) is 4.64. The van der Waals surface area contributed by atoms with E-state index in [9.17, 15) is 4.79 Å². The van der Waals surface area contributed by atoms with Crippen molar-refractivity contribution >= 4 is 5.91 Å². The molecular formula is C16H22N2O. The summed E-state index contributed by atoms with van der Waals surface area (Å²) in [6.07, 6.45) is 4.06. The molecule has 3 rings (SSSR count). The highest BCUT2D eigenvalue weighted by atomic mass is 16.2. The van der Waals surface area contributed by atoms with E-state index in [1.807, 2.05) is 17.0 Å². The fraction of sp³-hybridized carbons (Fsp3) is 0.562. The fourth-order valence-corrected chi connectivity index (χ4v) is 3.33. The molecule has 1 saturated heterocycles. The highest BCUT2D eigenvalue weighted by Gasteiger charge is 2.53. The predicted octanol–water partition coefficient (Wildman–Crippen LogP) is 1.98. The van der Waals surface area contributed by atoms with Crippen LogP contribution < -0.4 is 5.73 Å². The Hall–Kier alpha value is -1.35. The lowest BCUT2D eigenvalue weighted by atomic mass is 9.89. The molecule has 1 aliphatic carbocycles. The third-order valence-electron chi connectivity index (χ3n) is 4.57. The van der Waals surface area contributed by atoms with Crippen molar-refractivity contribution in [3.63, 3.8) is 0 Å². The van der Waals surface area contributed by atoms with Crippen LogP contribution in [0, 0.1) is 6.92 Å². The number of aryl methyl sites for hydroxylation is 1. The van der Waals surface area contributed by atoms with Gasteiger partial charge in [-0.25, -0.2) is 0 Å². The molecule has 1 aromatic carbocycles. The molecular weight excluding hydrogens is 236 g/mol. The number of carbonyl (C=O) groups is 1. The average molecular weight is 258 g/mol. The quantitative estimate of drug-likeness (QED) is 0.881. The Labute approximate surface area is 114 Å². The summed E-state index contributed by atoms with van der Waals surface area (Å²) in [5, 5.41) is 0. The van der Waals surface area contributed by atoms with Crippen LogP contribution in [0.4, 0.5) is 0 Å². The van der Waals surface area contributed by atoms with Crippen LogP contribution in [-0.4, -0.2) is 29.9 Å². The van der Waals surface area contributed by atoms with E-state index >= 15 is 0 Å². The van der Waals surface area contributed by atoms with Crippen molar-refractivity contribution in [3.8, 4) is 0 Å². The molecule has 0 bridgehead atoms. The van der Waals surface area contributed by atoms with Gasteiger partial charge in [-0.2, -0.15) is 0 Å². The first-order valence-corrected chi connectivity index (χ1v) is 7.24. The van der Waals surface area contributed by atoms with Gasteiger partial charge in [0, 0.05) is 19.1 Å². The molecule has 1 heterocycles. The number of benzene rings is 1. The van der Waals surface area contributed by atoms with E-state index in [0.29, 0.717) is 5.91 Å². The van der Waals surface area contributed by atoms with Crippen LogP contribution in [0.3, 0.4) is 0 Å². The van der Waals surface area contributed by atoms with Gasteiger partial charge in [0.05, 0.1) is 5.41 Å². The average Bonchev–Trinajstić information content (AvgIpc) is 3.20. The molecule has 3 nitrogen and oxygen atoms in total. The fourth-order valence-electron chi connectivity index (χ4n) is 3.33. The highest BCUT2D eigenvalue weighted by Crippen LogP contribution is 2.50. The number of nitrogens with two attached hydrogens (primary N) is 1. The van der Waals surface area contributed by atoms with E-state index in [4.69, 9.17) is 5.73 Å². The first-order valence-electron chi connectivity index (χ1n) is 7.24. The second-order valence-electron chi connectivity index (χ2n) is 6.05. The van der Waals surface area contributed by atoms with E-state index < -0.39 is 0 Å². The molecule has 2 N–H and O–H groups in total. The number of hydrogen-bond acceptors (Lipinski definition) is 2. The standard InChI is InChI=1S/C16H22N2O/c1-12-5-2-3-7-14(12)16(8-9-16)15(19)18-10-4-6-13(17)11-18/h2-3,5,7,13H,4,6,8-11,17H2,1H3/t13-/m0/s1. The van der Waals surface area contributed by atoms with Gasteiger partial charge in [0.25, 0.3) is 0 Å². The van der Waals surface area contributed by atoms with E-state index in [1.54, 1.807) is 0 Å². The smallest absolute Gasteiger partial charge is 0.233 e. The van der Waals surface area contributed by atoms with Crippen molar-refractivity contribution in [1.82, 2.24) is 4.90 Å². The minimum atomic E-state index is -0.234. The normalized spacial score (nSPS) is 25.2. The van der Waals surface area contributed by atoms with Crippen LogP contribution in [0.15, 0.2) is 24.3 Å². The van der Waals surface area contributed by atoms with Crippen molar-refractivity contribution in [1.29, 1.82) is 0 Å². The number of piperidine rings is 1. The maximum absolute atomic E-state index is 12.9. The summed E-state index contributed by atoms with van der Waals surface area (Å²) in [6.45, 7) is 3.71. The first-order chi connectivity index (χ1) is 9.13. The molecule has 0 unspecified atom stereocenters. The van der Waals surface area contributed by atoms with Crippen molar-refractivity contribution in [3.05, 3.63) is 35.4 Å². The molecule has 0 radical (unpaired) electrons. The Kier molecular flexibility index (Phi) is 3.09. The van der Waals surface area contributed by atoms with Gasteiger partial charge in [0.1, 0.15) is 0 Å². The number of carbonyl (C=O) groups excluding carboxylic acids is 1. The van der Waals surface area contributed by atoms with Crippen LogP contribution in [0.25, 0.3) is 0 Å². The van der Waals surface area contributed by atoms with Gasteiger partial charge in [-0.05, 0) is 43.7 Å². The Balaban J connectivity index is 1.85. The molecule has 19 heavy (non-hydrogen) atoms. The number of rotatable bonds is 2. The summed E-state index contributed by atoms with van der Waals surface area (Å²) >= 11 is 0. The maximum Gasteiger partial charge on any atom is 0.233 e. The van der Waals surface area contributed by atoms with Crippen molar-refractivity contribution in [2.45, 2.75) is 44.1 Å². The molecule has 0 aromatic heterocycles. The van der Waals surface area contributed by atoms with Crippen LogP contribution >= 0.6 is 0 Å². The van der Waals surface area contributed by atoms with Gasteiger partial charge in [0.2, 0.25) is 5.91 Å². The number of amides is 1. The molecule has 1 atom stereocenters. The van der Waals surface area contributed by atoms with Crippen LogP contribution in [0.2, 0.25) is 0 Å². The number of nitrogens with zero attached hydrogens (tertiary/aromatic N) is 1. The first kappa shape index (κ1) is 12.7. The Bertz CT molecular complexity index is 493. The Morgan fingerprint density at radius 2 is 2.11 bits per heavy atom. The van der Waals surface area contributed by atoms with Crippen LogP contribution in [0.1, 0.15) is 36.8 Å². The van der Waals surface area contributed by atoms with Crippen LogP contribution in [0.5, 0.6) is 0 Å². The molecule has 1 aliphatic heterocycles. The minimum Gasteiger partial charge on any atom is -0.340 e. The van der Waals surface area contributed by atoms with Crippen molar-refractivity contribution in [2.75, 3.05) is 13.1 Å². The molecule has 0 spiro atoms. The highest BCUT2D eigenvalue weighted by molar-refractivity contribution is 5.91. The molecule has 1 amide bonds. The lowest BCUT2D eigenvalue weighted by Crippen LogP contribution is -2.49. The Morgan fingerprint density at radius 3 is 2.74 bits per heavy atom. The molecule has 1 aromatic rings. The predicted molar refractivity (Wildman–Crippen MR) is 75.9 cm³/mol. The summed E-state index contributed by atoms with van der Waals surface area (Å²) in [4.78, 5) is 14.8. The molecule has 2 fully saturated rings. The summed E-state index contributed by atoms with van der Waals surface area (Å²) in [5.74, 6) is 0.303.